The van der Waals surface area contributed by atoms with Crippen molar-refractivity contribution in [2.75, 3.05) is 0 Å². The van der Waals surface area contributed by atoms with Gasteiger partial charge in [-0.1, -0.05) is 162 Å². The summed E-state index contributed by atoms with van der Waals surface area (Å²) in [6.07, 6.45) is 0. The van der Waals surface area contributed by atoms with Crippen LogP contribution in [0.2, 0.25) is 13.1 Å². The minimum absolute atomic E-state index is 1.33. The fourth-order valence-electron chi connectivity index (χ4n) is 5.43. The van der Waals surface area contributed by atoms with Crippen molar-refractivity contribution < 1.29 is 0 Å². The summed E-state index contributed by atoms with van der Waals surface area (Å²) in [6.45, 7) is 5.23. The summed E-state index contributed by atoms with van der Waals surface area (Å²) < 4.78 is 0. The summed E-state index contributed by atoms with van der Waals surface area (Å²) in [4.78, 5) is 0. The Morgan fingerprint density at radius 1 is 0.375 bits per heavy atom. The highest BCUT2D eigenvalue weighted by Gasteiger charge is 2.53. The first kappa shape index (κ1) is 20.7. The van der Waals surface area contributed by atoms with Crippen molar-refractivity contribution in [1.82, 2.24) is 0 Å². The van der Waals surface area contributed by atoms with Gasteiger partial charge in [0.25, 0.3) is 0 Å². The first-order chi connectivity index (χ1) is 15.7. The van der Waals surface area contributed by atoms with Crippen LogP contribution >= 0.6 is 0 Å². The molecule has 0 nitrogen and oxygen atoms in total. The molecule has 0 aliphatic carbocycles. The van der Waals surface area contributed by atoms with Gasteiger partial charge in [0.1, 0.15) is 15.2 Å². The molecule has 2 heteroatoms. The third-order valence-corrected chi connectivity index (χ3v) is 24.8. The Kier molecular flexibility index (Phi) is 5.42. The first-order valence-corrected chi connectivity index (χ1v) is 17.3. The minimum atomic E-state index is -2.26. The van der Waals surface area contributed by atoms with Crippen molar-refractivity contribution in [3.05, 3.63) is 133 Å². The van der Waals surface area contributed by atoms with E-state index in [0.717, 1.165) is 0 Å². The van der Waals surface area contributed by atoms with Crippen LogP contribution in [0, 0.1) is 0 Å². The number of rotatable bonds is 5. The van der Waals surface area contributed by atoms with Crippen molar-refractivity contribution >= 4 is 46.7 Å². The highest BCUT2D eigenvalue weighted by atomic mass is 29.3. The third kappa shape index (κ3) is 3.19. The summed E-state index contributed by atoms with van der Waals surface area (Å²) in [5, 5.41) is 8.81. The van der Waals surface area contributed by atoms with Crippen LogP contribution in [-0.4, -0.2) is 15.2 Å². The van der Waals surface area contributed by atoms with E-state index < -0.39 is 15.2 Å². The molecule has 0 amide bonds. The van der Waals surface area contributed by atoms with Crippen LogP contribution in [0.4, 0.5) is 0 Å². The van der Waals surface area contributed by atoms with Gasteiger partial charge in [0.15, 0.2) is 0 Å². The fourth-order valence-corrected chi connectivity index (χ4v) is 21.1. The zero-order valence-corrected chi connectivity index (χ0v) is 20.7. The Bertz CT molecular complexity index is 1290. The summed E-state index contributed by atoms with van der Waals surface area (Å²) >= 11 is 0. The van der Waals surface area contributed by atoms with Crippen LogP contribution in [0.1, 0.15) is 0 Å². The Balaban J connectivity index is 1.93. The molecule has 0 radical (unpaired) electrons. The molecule has 5 aromatic carbocycles. The third-order valence-electron chi connectivity index (χ3n) is 7.38. The van der Waals surface area contributed by atoms with Crippen LogP contribution < -0.4 is 20.7 Å². The molecule has 0 saturated heterocycles. The van der Waals surface area contributed by atoms with Gasteiger partial charge < -0.3 is 0 Å². The van der Waals surface area contributed by atoms with Gasteiger partial charge in [-0.25, -0.2) is 0 Å². The number of hydrogen-bond acceptors (Lipinski definition) is 0. The molecule has 0 saturated carbocycles. The second kappa shape index (κ2) is 8.38. The predicted molar refractivity (Wildman–Crippen MR) is 145 cm³/mol. The van der Waals surface area contributed by atoms with Gasteiger partial charge >= 0.3 is 0 Å². The lowest BCUT2D eigenvalue weighted by Crippen LogP contribution is -2.83. The maximum Gasteiger partial charge on any atom is 0.119 e. The van der Waals surface area contributed by atoms with E-state index >= 15 is 0 Å². The zero-order valence-electron chi connectivity index (χ0n) is 18.7. The van der Waals surface area contributed by atoms with Gasteiger partial charge in [0.2, 0.25) is 0 Å². The lowest BCUT2D eigenvalue weighted by atomic mass is 10.1. The smallest absolute Gasteiger partial charge is 0.0628 e. The largest absolute Gasteiger partial charge is 0.119 e. The molecule has 5 rings (SSSR count). The highest BCUT2D eigenvalue weighted by molar-refractivity contribution is 7.59. The van der Waals surface area contributed by atoms with Crippen molar-refractivity contribution in [2.24, 2.45) is 0 Å². The lowest BCUT2D eigenvalue weighted by molar-refractivity contribution is 1.68. The first-order valence-electron chi connectivity index (χ1n) is 11.3. The van der Waals surface area contributed by atoms with E-state index in [1.807, 2.05) is 0 Å². The molecule has 0 bridgehead atoms. The van der Waals surface area contributed by atoms with Gasteiger partial charge in [0, 0.05) is 0 Å². The van der Waals surface area contributed by atoms with E-state index in [1.54, 1.807) is 5.19 Å². The average molecular weight is 445 g/mol. The molecule has 0 aliphatic rings. The van der Waals surface area contributed by atoms with Gasteiger partial charge in [0.05, 0.1) is 0 Å². The van der Waals surface area contributed by atoms with E-state index in [-0.39, 0.29) is 0 Å². The molecule has 0 aliphatic heterocycles. The number of hydrogen-bond donors (Lipinski definition) is 0. The topological polar surface area (TPSA) is 0 Å². The van der Waals surface area contributed by atoms with Gasteiger partial charge in [-0.15, -0.1) is 0 Å². The highest BCUT2D eigenvalue weighted by Crippen LogP contribution is 2.24. The van der Waals surface area contributed by atoms with E-state index in [2.05, 4.69) is 147 Å². The van der Waals surface area contributed by atoms with Gasteiger partial charge in [-0.05, 0) is 16.0 Å². The van der Waals surface area contributed by atoms with E-state index in [9.17, 15) is 0 Å². The Morgan fingerprint density at radius 2 is 0.781 bits per heavy atom. The van der Waals surface area contributed by atoms with Crippen LogP contribution in [0.3, 0.4) is 0 Å². The normalized spacial score (nSPS) is 13.6. The Labute approximate surface area is 193 Å². The van der Waals surface area contributed by atoms with E-state index in [1.165, 1.54) is 26.3 Å². The molecule has 0 fully saturated rings. The predicted octanol–water partition coefficient (Wildman–Crippen LogP) is 5.00. The molecular formula is C30H28Si2. The van der Waals surface area contributed by atoms with Gasteiger partial charge in [-0.2, -0.15) is 0 Å². The maximum absolute atomic E-state index is 2.62. The fraction of sp³-hybridized carbons (Fsp3) is 0.0667. The monoisotopic (exact) mass is 444 g/mol. The van der Waals surface area contributed by atoms with Crippen molar-refractivity contribution in [3.63, 3.8) is 0 Å². The van der Waals surface area contributed by atoms with E-state index in [4.69, 9.17) is 0 Å². The summed E-state index contributed by atoms with van der Waals surface area (Å²) in [7, 11) is -4.48. The SMILES string of the molecule is C[Si](c1ccccc1)(c1ccccc1)[Si](C)(c1ccccc1)c1cccc2ccccc12. The lowest BCUT2D eigenvalue weighted by Gasteiger charge is -2.46. The summed E-state index contributed by atoms with van der Waals surface area (Å²) in [5.74, 6) is 0. The molecule has 1 atom stereocenters. The second-order valence-corrected chi connectivity index (χ2v) is 21.6. The molecule has 0 spiro atoms. The van der Waals surface area contributed by atoms with Crippen LogP contribution in [0.15, 0.2) is 133 Å². The molecule has 156 valence electrons. The summed E-state index contributed by atoms with van der Waals surface area (Å²) in [6, 6.07) is 49.8. The minimum Gasteiger partial charge on any atom is -0.0628 e. The Hall–Kier alpha value is -3.21. The van der Waals surface area contributed by atoms with E-state index in [0.29, 0.717) is 0 Å². The van der Waals surface area contributed by atoms with Crippen LogP contribution in [0.25, 0.3) is 10.8 Å². The Morgan fingerprint density at radius 3 is 1.31 bits per heavy atom. The van der Waals surface area contributed by atoms with Crippen LogP contribution in [-0.2, 0) is 0 Å². The number of benzene rings is 5. The molecule has 0 aromatic heterocycles. The van der Waals surface area contributed by atoms with Crippen molar-refractivity contribution in [2.45, 2.75) is 13.1 Å². The zero-order chi connectivity index (χ0) is 22.0. The van der Waals surface area contributed by atoms with Gasteiger partial charge in [-0.3, -0.25) is 0 Å². The summed E-state index contributed by atoms with van der Waals surface area (Å²) in [5.41, 5.74) is 0. The molecular weight excluding hydrogens is 417 g/mol. The second-order valence-electron chi connectivity index (χ2n) is 8.87. The quantitative estimate of drug-likeness (QED) is 0.335. The van der Waals surface area contributed by atoms with Crippen molar-refractivity contribution in [1.29, 1.82) is 0 Å². The molecule has 0 heterocycles. The molecule has 0 N–H and O–H groups in total. The molecule has 5 aromatic rings. The maximum atomic E-state index is 2.62. The standard InChI is InChI=1S/C30H28Si2/c1-31(26-17-6-3-7-18-26,27-19-8-4-9-20-27)32(2,28-21-10-5-11-22-28)30-24-14-16-25-15-12-13-23-29(25)30/h3-24H,1-2H3. The van der Waals surface area contributed by atoms with Crippen molar-refractivity contribution in [3.8, 4) is 0 Å². The number of fused-ring (bicyclic) bond motifs is 1. The average Bonchev–Trinajstić information content (AvgIpc) is 2.89. The molecule has 32 heavy (non-hydrogen) atoms. The van der Waals surface area contributed by atoms with Crippen LogP contribution in [0.5, 0.6) is 0 Å². The molecule has 1 unspecified atom stereocenters.